The molecule has 0 saturated carbocycles. The first-order valence-electron chi connectivity index (χ1n) is 4.16. The largest absolute Gasteiger partial charge is 0.508 e. The van der Waals surface area contributed by atoms with Crippen molar-refractivity contribution in [3.05, 3.63) is 29.8 Å². The Labute approximate surface area is 95.4 Å². The molecule has 0 fully saturated rings. The van der Waals surface area contributed by atoms with Crippen molar-refractivity contribution < 1.29 is 5.11 Å². The van der Waals surface area contributed by atoms with E-state index in [4.69, 9.17) is 0 Å². The fraction of sp³-hybridized carbons (Fsp3) is 0.400. The summed E-state index contributed by atoms with van der Waals surface area (Å²) >= 11 is 6.92. The van der Waals surface area contributed by atoms with Crippen LogP contribution >= 0.6 is 31.9 Å². The Hall–Kier alpha value is -0.0200. The van der Waals surface area contributed by atoms with Gasteiger partial charge in [0.1, 0.15) is 5.75 Å². The Bertz CT molecular complexity index is 259. The van der Waals surface area contributed by atoms with Crippen LogP contribution in [0, 0.1) is 5.92 Å². The van der Waals surface area contributed by atoms with Crippen LogP contribution in [0.15, 0.2) is 24.3 Å². The predicted molar refractivity (Wildman–Crippen MR) is 62.9 cm³/mol. The standard InChI is InChI=1S/C10H12Br2O/c11-6-9(7-12)4-8-2-1-3-10(13)5-8/h1-3,5,9,13H,4,6-7H2. The zero-order valence-electron chi connectivity index (χ0n) is 7.21. The smallest absolute Gasteiger partial charge is 0.115 e. The Morgan fingerprint density at radius 3 is 2.46 bits per heavy atom. The second kappa shape index (κ2) is 5.66. The van der Waals surface area contributed by atoms with E-state index in [0.717, 1.165) is 17.1 Å². The molecule has 0 heterocycles. The van der Waals surface area contributed by atoms with E-state index >= 15 is 0 Å². The fourth-order valence-corrected chi connectivity index (χ4v) is 2.70. The van der Waals surface area contributed by atoms with Gasteiger partial charge in [-0.05, 0) is 30.0 Å². The van der Waals surface area contributed by atoms with Crippen LogP contribution in [0.2, 0.25) is 0 Å². The number of halogens is 2. The summed E-state index contributed by atoms with van der Waals surface area (Å²) in [6.07, 6.45) is 0.991. The molecule has 0 saturated heterocycles. The first-order chi connectivity index (χ1) is 6.26. The fourth-order valence-electron chi connectivity index (χ4n) is 1.17. The van der Waals surface area contributed by atoms with Crippen molar-refractivity contribution >= 4 is 31.9 Å². The molecule has 0 atom stereocenters. The number of rotatable bonds is 4. The minimum atomic E-state index is 0.348. The monoisotopic (exact) mass is 306 g/mol. The lowest BCUT2D eigenvalue weighted by Gasteiger charge is -2.10. The second-order valence-electron chi connectivity index (χ2n) is 3.05. The summed E-state index contributed by atoms with van der Waals surface area (Å²) in [5.74, 6) is 0.933. The van der Waals surface area contributed by atoms with Gasteiger partial charge in [0.15, 0.2) is 0 Å². The normalized spacial score (nSPS) is 10.7. The summed E-state index contributed by atoms with van der Waals surface area (Å²) in [6, 6.07) is 7.43. The molecule has 0 aliphatic heterocycles. The highest BCUT2D eigenvalue weighted by Gasteiger charge is 2.06. The summed E-state index contributed by atoms with van der Waals surface area (Å²) in [7, 11) is 0. The Balaban J connectivity index is 2.62. The van der Waals surface area contributed by atoms with Gasteiger partial charge in [0.05, 0.1) is 0 Å². The molecule has 0 radical (unpaired) electrons. The highest BCUT2D eigenvalue weighted by Crippen LogP contribution is 2.17. The SMILES string of the molecule is Oc1cccc(CC(CBr)CBr)c1. The number of alkyl halides is 2. The van der Waals surface area contributed by atoms with E-state index in [-0.39, 0.29) is 0 Å². The first-order valence-corrected chi connectivity index (χ1v) is 6.40. The van der Waals surface area contributed by atoms with Crippen LogP contribution in [0.1, 0.15) is 5.56 Å². The van der Waals surface area contributed by atoms with Crippen LogP contribution in [-0.4, -0.2) is 15.8 Å². The molecule has 3 heteroatoms. The van der Waals surface area contributed by atoms with Crippen LogP contribution in [0.4, 0.5) is 0 Å². The van der Waals surface area contributed by atoms with Gasteiger partial charge in [-0.1, -0.05) is 44.0 Å². The number of aromatic hydroxyl groups is 1. The molecule has 0 aromatic heterocycles. The lowest BCUT2D eigenvalue weighted by Crippen LogP contribution is -2.07. The maximum atomic E-state index is 9.25. The van der Waals surface area contributed by atoms with Gasteiger partial charge in [-0.25, -0.2) is 0 Å². The quantitative estimate of drug-likeness (QED) is 0.846. The molecule has 1 aromatic rings. The third kappa shape index (κ3) is 3.69. The Kier molecular flexibility index (Phi) is 4.81. The van der Waals surface area contributed by atoms with Crippen molar-refractivity contribution in [3.63, 3.8) is 0 Å². The van der Waals surface area contributed by atoms with Crippen molar-refractivity contribution in [1.29, 1.82) is 0 Å². The molecule has 0 unspecified atom stereocenters. The van der Waals surface area contributed by atoms with Crippen LogP contribution in [0.5, 0.6) is 5.75 Å². The molecule has 0 spiro atoms. The van der Waals surface area contributed by atoms with E-state index in [1.165, 1.54) is 5.56 Å². The van der Waals surface area contributed by atoms with E-state index in [0.29, 0.717) is 11.7 Å². The third-order valence-corrected chi connectivity index (χ3v) is 3.70. The molecule has 0 bridgehead atoms. The van der Waals surface area contributed by atoms with Gasteiger partial charge < -0.3 is 5.11 Å². The maximum absolute atomic E-state index is 9.25. The highest BCUT2D eigenvalue weighted by atomic mass is 79.9. The van der Waals surface area contributed by atoms with Crippen LogP contribution in [0.25, 0.3) is 0 Å². The average Bonchev–Trinajstić information content (AvgIpc) is 2.14. The summed E-state index contributed by atoms with van der Waals surface area (Å²) in [5, 5.41) is 11.2. The molecule has 1 nitrogen and oxygen atoms in total. The van der Waals surface area contributed by atoms with Gasteiger partial charge in [0, 0.05) is 10.7 Å². The van der Waals surface area contributed by atoms with Crippen molar-refractivity contribution in [2.45, 2.75) is 6.42 Å². The van der Waals surface area contributed by atoms with Gasteiger partial charge in [-0.2, -0.15) is 0 Å². The predicted octanol–water partition coefficient (Wildman–Crippen LogP) is 3.34. The molecule has 1 N–H and O–H groups in total. The molecule has 13 heavy (non-hydrogen) atoms. The van der Waals surface area contributed by atoms with E-state index in [1.54, 1.807) is 6.07 Å². The topological polar surface area (TPSA) is 20.2 Å². The van der Waals surface area contributed by atoms with Crippen LogP contribution in [-0.2, 0) is 6.42 Å². The average molecular weight is 308 g/mol. The van der Waals surface area contributed by atoms with Crippen LogP contribution < -0.4 is 0 Å². The highest BCUT2D eigenvalue weighted by molar-refractivity contribution is 9.09. The third-order valence-electron chi connectivity index (χ3n) is 1.87. The summed E-state index contributed by atoms with van der Waals surface area (Å²) < 4.78 is 0. The van der Waals surface area contributed by atoms with Gasteiger partial charge >= 0.3 is 0 Å². The van der Waals surface area contributed by atoms with Gasteiger partial charge in [-0.3, -0.25) is 0 Å². The molecular weight excluding hydrogens is 296 g/mol. The van der Waals surface area contributed by atoms with E-state index < -0.39 is 0 Å². The second-order valence-corrected chi connectivity index (χ2v) is 4.34. The van der Waals surface area contributed by atoms with E-state index in [2.05, 4.69) is 31.9 Å². The van der Waals surface area contributed by atoms with Gasteiger partial charge in [0.2, 0.25) is 0 Å². The maximum Gasteiger partial charge on any atom is 0.115 e. The van der Waals surface area contributed by atoms with Gasteiger partial charge in [0.25, 0.3) is 0 Å². The zero-order chi connectivity index (χ0) is 9.68. The minimum absolute atomic E-state index is 0.348. The van der Waals surface area contributed by atoms with Crippen molar-refractivity contribution in [2.75, 3.05) is 10.7 Å². The first kappa shape index (κ1) is 11.1. The number of phenolic OH excluding ortho intramolecular Hbond substituents is 1. The number of hydrogen-bond acceptors (Lipinski definition) is 1. The van der Waals surface area contributed by atoms with Gasteiger partial charge in [-0.15, -0.1) is 0 Å². The lowest BCUT2D eigenvalue weighted by atomic mass is 10.0. The Morgan fingerprint density at radius 2 is 1.92 bits per heavy atom. The summed E-state index contributed by atoms with van der Waals surface area (Å²) in [5.41, 5.74) is 1.18. The van der Waals surface area contributed by atoms with E-state index in [1.807, 2.05) is 18.2 Å². The van der Waals surface area contributed by atoms with Crippen molar-refractivity contribution in [1.82, 2.24) is 0 Å². The minimum Gasteiger partial charge on any atom is -0.508 e. The zero-order valence-corrected chi connectivity index (χ0v) is 10.4. The molecule has 1 aromatic carbocycles. The van der Waals surface area contributed by atoms with Crippen molar-refractivity contribution in [3.8, 4) is 5.75 Å². The Morgan fingerprint density at radius 1 is 1.23 bits per heavy atom. The molecule has 0 aliphatic carbocycles. The van der Waals surface area contributed by atoms with Crippen LogP contribution in [0.3, 0.4) is 0 Å². The summed E-state index contributed by atoms with van der Waals surface area (Å²) in [4.78, 5) is 0. The molecule has 0 aliphatic rings. The number of hydrogen-bond donors (Lipinski definition) is 1. The van der Waals surface area contributed by atoms with E-state index in [9.17, 15) is 5.11 Å². The summed E-state index contributed by atoms with van der Waals surface area (Å²) in [6.45, 7) is 0. The number of phenols is 1. The molecule has 0 amide bonds. The number of benzene rings is 1. The molecular formula is C10H12Br2O. The molecule has 1 rings (SSSR count). The molecule has 72 valence electrons. The van der Waals surface area contributed by atoms with Crippen molar-refractivity contribution in [2.24, 2.45) is 5.92 Å². The lowest BCUT2D eigenvalue weighted by molar-refractivity contribution is 0.474.